The van der Waals surface area contributed by atoms with Gasteiger partial charge < -0.3 is 31.1 Å². The van der Waals surface area contributed by atoms with Crippen LogP contribution < -0.4 is 37.0 Å². The number of alkyl halides is 1. The Kier molecular flexibility index (Phi) is 17.4. The average molecular weight is 917 g/mol. The zero-order valence-corrected chi connectivity index (χ0v) is 37.3. The van der Waals surface area contributed by atoms with Crippen molar-refractivity contribution >= 4 is 57.8 Å². The molecule has 3 aliphatic rings. The molecule has 3 fully saturated rings. The maximum atomic E-state index is 14.9. The van der Waals surface area contributed by atoms with E-state index in [9.17, 15) is 33.6 Å². The molecule has 58 heavy (non-hydrogen) atoms. The molecule has 2 saturated carbocycles. The molecule has 1 saturated heterocycles. The first-order chi connectivity index (χ1) is 27.6. The molecule has 4 N–H and O–H groups in total. The van der Waals surface area contributed by atoms with Crippen LogP contribution in [0.15, 0.2) is 22.2 Å². The average Bonchev–Trinajstić information content (AvgIpc) is 3.68. The van der Waals surface area contributed by atoms with Crippen molar-refractivity contribution < 1.29 is 24.0 Å². The van der Waals surface area contributed by atoms with E-state index >= 15 is 0 Å². The number of likely N-dealkylation sites (tertiary alicyclic amines) is 1. The second kappa shape index (κ2) is 21.5. The van der Waals surface area contributed by atoms with Crippen molar-refractivity contribution in [1.29, 1.82) is 0 Å². The Morgan fingerprint density at radius 3 is 2.14 bits per heavy atom. The maximum Gasteiger partial charge on any atom is 0.315 e. The topological polar surface area (TPSA) is 174 Å². The summed E-state index contributed by atoms with van der Waals surface area (Å²) in [6, 6.07) is -3.86. The Bertz CT molecular complexity index is 1750. The van der Waals surface area contributed by atoms with Gasteiger partial charge >= 0.3 is 6.03 Å². The van der Waals surface area contributed by atoms with Crippen LogP contribution in [0, 0.1) is 36.0 Å². The Hall–Kier alpha value is -3.74. The standard InChI is InChI=1S/C44H65IN6O7/c1-8-10-21-31(37(52)41(56)46-23-9-2)47-40(55)35-30(27(3)4)22-24-51(35)42(57)34(29-19-15-12-16-20-29)49-43(58)48-32(28-17-13-11-14-18-28)25-50(7)36-33(38(53)39(36)54)44(5,6)26-45/h1,9,27-32,34-35H,2,10-26H2,3-7H3,(H,46,56)(H,47,55)(H2,48,49,58)/t30-,31?,32-,34+,35+/m1/s1. The smallest absolute Gasteiger partial charge is 0.315 e. The summed E-state index contributed by atoms with van der Waals surface area (Å²) >= 11 is 2.23. The molecule has 4 rings (SSSR count). The molecule has 0 radical (unpaired) electrons. The van der Waals surface area contributed by atoms with E-state index in [1.165, 1.54) is 6.08 Å². The summed E-state index contributed by atoms with van der Waals surface area (Å²) in [5.74, 6) is -0.318. The van der Waals surface area contributed by atoms with Gasteiger partial charge in [0.2, 0.25) is 28.5 Å². The summed E-state index contributed by atoms with van der Waals surface area (Å²) in [4.78, 5) is 98.3. The highest BCUT2D eigenvalue weighted by Gasteiger charge is 2.47. The maximum absolute atomic E-state index is 14.9. The Morgan fingerprint density at radius 2 is 1.57 bits per heavy atom. The van der Waals surface area contributed by atoms with E-state index in [1.54, 1.807) is 11.9 Å². The molecule has 5 atom stereocenters. The molecule has 1 unspecified atom stereocenters. The molecular weight excluding hydrogens is 851 g/mol. The van der Waals surface area contributed by atoms with Gasteiger partial charge in [0, 0.05) is 48.5 Å². The van der Waals surface area contributed by atoms with E-state index in [4.69, 9.17) is 6.42 Å². The van der Waals surface area contributed by atoms with Gasteiger partial charge in [-0.05, 0) is 62.2 Å². The van der Waals surface area contributed by atoms with Gasteiger partial charge in [0.15, 0.2) is 0 Å². The number of anilines is 1. The second-order valence-electron chi connectivity index (χ2n) is 17.6. The number of likely N-dealkylation sites (N-methyl/N-ethyl adjacent to an activating group) is 1. The number of nitrogens with zero attached hydrogens (tertiary/aromatic N) is 2. The SMILES string of the molecule is C#CCCC(NC(=O)[C@@H]1[C@@H](C(C)C)CCN1C(=O)[C@@H](NC(=O)N[C@H](CN(C)c1c(C(C)(C)CI)c(=O)c1=O)C1CCCCC1)C1CCCCC1)C(=O)C(=O)NCC=C. The molecular formula is C44H65IN6O7. The van der Waals surface area contributed by atoms with E-state index in [0.717, 1.165) is 64.2 Å². The third-order valence-electron chi connectivity index (χ3n) is 12.7. The first-order valence-electron chi connectivity index (χ1n) is 21.2. The van der Waals surface area contributed by atoms with Crippen LogP contribution in [0.4, 0.5) is 10.5 Å². The van der Waals surface area contributed by atoms with E-state index in [1.807, 2.05) is 32.6 Å². The van der Waals surface area contributed by atoms with Gasteiger partial charge in [0.1, 0.15) is 12.1 Å². The van der Waals surface area contributed by atoms with E-state index in [2.05, 4.69) is 56.4 Å². The lowest BCUT2D eigenvalue weighted by Crippen LogP contribution is -2.61. The molecule has 0 aromatic heterocycles. The summed E-state index contributed by atoms with van der Waals surface area (Å²) in [6.45, 7) is 12.2. The lowest BCUT2D eigenvalue weighted by atomic mass is 9.81. The molecule has 0 spiro atoms. The van der Waals surface area contributed by atoms with Crippen LogP contribution in [0.5, 0.6) is 0 Å². The van der Waals surface area contributed by atoms with Crippen molar-refractivity contribution in [3.63, 3.8) is 0 Å². The van der Waals surface area contributed by atoms with Crippen LogP contribution in [0.25, 0.3) is 0 Å². The number of nitrogens with one attached hydrogen (secondary N) is 4. The normalized spacial score (nSPS) is 20.8. The number of amides is 5. The number of carbonyl (C=O) groups excluding carboxylic acids is 5. The molecule has 13 nitrogen and oxygen atoms in total. The monoisotopic (exact) mass is 916 g/mol. The van der Waals surface area contributed by atoms with Crippen molar-refractivity contribution in [1.82, 2.24) is 26.2 Å². The highest BCUT2D eigenvalue weighted by Crippen LogP contribution is 2.35. The van der Waals surface area contributed by atoms with Gasteiger partial charge in [-0.3, -0.25) is 28.8 Å². The summed E-state index contributed by atoms with van der Waals surface area (Å²) in [5.41, 5.74) is -0.504. The Labute approximate surface area is 357 Å². The van der Waals surface area contributed by atoms with Crippen molar-refractivity contribution in [2.45, 2.75) is 141 Å². The van der Waals surface area contributed by atoms with Crippen LogP contribution in [-0.4, -0.2) is 89.7 Å². The fourth-order valence-electron chi connectivity index (χ4n) is 9.31. The van der Waals surface area contributed by atoms with Gasteiger partial charge in [0.05, 0.1) is 17.8 Å². The summed E-state index contributed by atoms with van der Waals surface area (Å²) < 4.78 is 0.662. The van der Waals surface area contributed by atoms with E-state index in [0.29, 0.717) is 35.2 Å². The molecule has 1 aromatic carbocycles. The number of ketones is 1. The van der Waals surface area contributed by atoms with Crippen molar-refractivity contribution in [3.8, 4) is 12.3 Å². The minimum absolute atomic E-state index is 0.0119. The predicted molar refractivity (Wildman–Crippen MR) is 236 cm³/mol. The Morgan fingerprint density at radius 1 is 0.948 bits per heavy atom. The van der Waals surface area contributed by atoms with Crippen LogP contribution in [0.3, 0.4) is 0 Å². The number of terminal acetylenes is 1. The first-order valence-corrected chi connectivity index (χ1v) is 22.8. The number of hydrogen-bond acceptors (Lipinski definition) is 8. The van der Waals surface area contributed by atoms with Gasteiger partial charge in [-0.2, -0.15) is 0 Å². The van der Waals surface area contributed by atoms with Crippen molar-refractivity contribution in [2.75, 3.05) is 36.0 Å². The summed E-state index contributed by atoms with van der Waals surface area (Å²) in [7, 11) is 1.80. The second-order valence-corrected chi connectivity index (χ2v) is 18.4. The Balaban J connectivity index is 1.60. The lowest BCUT2D eigenvalue weighted by Gasteiger charge is -2.38. The summed E-state index contributed by atoms with van der Waals surface area (Å²) in [5, 5.41) is 11.6. The zero-order chi connectivity index (χ0) is 42.7. The van der Waals surface area contributed by atoms with E-state index < -0.39 is 58.0 Å². The van der Waals surface area contributed by atoms with E-state index in [-0.39, 0.29) is 55.0 Å². The molecule has 5 amide bonds. The number of urea groups is 1. The fraction of sp³-hybridized carbons (Fsp3) is 0.705. The highest BCUT2D eigenvalue weighted by atomic mass is 127. The quantitative estimate of drug-likeness (QED) is 0.0524. The third kappa shape index (κ3) is 11.3. The molecule has 14 heteroatoms. The van der Waals surface area contributed by atoms with Crippen molar-refractivity contribution in [3.05, 3.63) is 38.7 Å². The largest absolute Gasteiger partial charge is 0.369 e. The van der Waals surface area contributed by atoms with Crippen LogP contribution in [-0.2, 0) is 24.6 Å². The third-order valence-corrected chi connectivity index (χ3v) is 14.6. The molecule has 320 valence electrons. The number of rotatable bonds is 19. The van der Waals surface area contributed by atoms with Crippen LogP contribution >= 0.6 is 22.6 Å². The van der Waals surface area contributed by atoms with Crippen LogP contribution in [0.2, 0.25) is 0 Å². The molecule has 1 heterocycles. The fourth-order valence-corrected chi connectivity index (χ4v) is 9.70. The van der Waals surface area contributed by atoms with Crippen molar-refractivity contribution in [2.24, 2.45) is 23.7 Å². The molecule has 2 aliphatic carbocycles. The van der Waals surface area contributed by atoms with Gasteiger partial charge in [-0.25, -0.2) is 4.79 Å². The molecule has 0 bridgehead atoms. The van der Waals surface area contributed by atoms with Crippen LogP contribution in [0.1, 0.15) is 117 Å². The number of carbonyl (C=O) groups is 5. The lowest BCUT2D eigenvalue weighted by molar-refractivity contribution is -0.144. The highest BCUT2D eigenvalue weighted by molar-refractivity contribution is 14.1. The minimum atomic E-state index is -1.18. The number of halogens is 1. The number of hydrogen-bond donors (Lipinski definition) is 4. The van der Waals surface area contributed by atoms with Gasteiger partial charge in [-0.15, -0.1) is 18.9 Å². The molecule has 1 aromatic rings. The number of Topliss-reactive ketones (excluding diaryl/α,β-unsaturated/α-hetero) is 1. The first kappa shape index (κ1) is 46.9. The van der Waals surface area contributed by atoms with Gasteiger partial charge in [-0.1, -0.05) is 94.9 Å². The molecule has 1 aliphatic heterocycles. The predicted octanol–water partition coefficient (Wildman–Crippen LogP) is 4.27. The van der Waals surface area contributed by atoms with Gasteiger partial charge in [0.25, 0.3) is 5.91 Å². The zero-order valence-electron chi connectivity index (χ0n) is 35.1. The minimum Gasteiger partial charge on any atom is -0.369 e. The summed E-state index contributed by atoms with van der Waals surface area (Å²) in [6.07, 6.45) is 17.0.